The van der Waals surface area contributed by atoms with Crippen molar-refractivity contribution in [1.82, 2.24) is 4.98 Å². The van der Waals surface area contributed by atoms with E-state index in [0.717, 1.165) is 37.6 Å². The molecule has 2 aliphatic rings. The van der Waals surface area contributed by atoms with Gasteiger partial charge in [-0.15, -0.1) is 0 Å². The molecule has 2 aromatic rings. The number of pyridine rings is 1. The monoisotopic (exact) mass is 352 g/mol. The lowest BCUT2D eigenvalue weighted by Crippen LogP contribution is -2.36. The van der Waals surface area contributed by atoms with Crippen LogP contribution in [-0.4, -0.2) is 50.3 Å². The van der Waals surface area contributed by atoms with E-state index in [1.54, 1.807) is 12.4 Å². The first kappa shape index (κ1) is 16.8. The highest BCUT2D eigenvalue weighted by atomic mass is 16.5. The van der Waals surface area contributed by atoms with Crippen LogP contribution in [0.25, 0.3) is 0 Å². The highest BCUT2D eigenvalue weighted by Gasteiger charge is 2.15. The molecular weight excluding hydrogens is 328 g/mol. The van der Waals surface area contributed by atoms with Crippen molar-refractivity contribution in [2.24, 2.45) is 0 Å². The highest BCUT2D eigenvalue weighted by molar-refractivity contribution is 6.04. The smallest absolute Gasteiger partial charge is 0.257 e. The summed E-state index contributed by atoms with van der Waals surface area (Å²) in [5, 5.41) is 2.97. The minimum absolute atomic E-state index is 0.137. The quantitative estimate of drug-likeness (QED) is 0.917. The van der Waals surface area contributed by atoms with E-state index in [-0.39, 0.29) is 5.91 Å². The fourth-order valence-electron chi connectivity index (χ4n) is 3.48. The Morgan fingerprint density at radius 2 is 1.62 bits per heavy atom. The number of ether oxygens (including phenoxy) is 1. The molecule has 1 amide bonds. The summed E-state index contributed by atoms with van der Waals surface area (Å²) in [5.74, 6) is -0.137. The first-order chi connectivity index (χ1) is 12.8. The average molecular weight is 352 g/mol. The van der Waals surface area contributed by atoms with Crippen molar-refractivity contribution >= 4 is 23.0 Å². The zero-order valence-corrected chi connectivity index (χ0v) is 14.9. The number of morpholine rings is 1. The summed E-state index contributed by atoms with van der Waals surface area (Å²) in [6, 6.07) is 9.97. The number of benzene rings is 1. The molecule has 0 unspecified atom stereocenters. The molecule has 0 atom stereocenters. The van der Waals surface area contributed by atoms with Crippen LogP contribution in [0.5, 0.6) is 0 Å². The summed E-state index contributed by atoms with van der Waals surface area (Å²) < 4.78 is 5.38. The molecule has 0 radical (unpaired) electrons. The molecule has 0 spiro atoms. The summed E-state index contributed by atoms with van der Waals surface area (Å²) in [6.45, 7) is 5.30. The Morgan fingerprint density at radius 1 is 0.923 bits per heavy atom. The second kappa shape index (κ2) is 7.74. The average Bonchev–Trinajstić information content (AvgIpc) is 3.24. The van der Waals surface area contributed by atoms with Gasteiger partial charge in [-0.05, 0) is 43.2 Å². The molecule has 3 heterocycles. The lowest BCUT2D eigenvalue weighted by molar-refractivity contribution is 0.102. The first-order valence-electron chi connectivity index (χ1n) is 9.24. The minimum atomic E-state index is -0.137. The molecule has 0 aliphatic carbocycles. The Bertz CT molecular complexity index is 751. The van der Waals surface area contributed by atoms with Gasteiger partial charge in [0.25, 0.3) is 5.91 Å². The summed E-state index contributed by atoms with van der Waals surface area (Å²) in [5.41, 5.74) is 3.55. The number of rotatable bonds is 4. The number of hydrogen-bond donors (Lipinski definition) is 1. The SMILES string of the molecule is O=C(Nc1ccc(N2CCCC2)cc1)c1cncc(N2CCOCC2)c1. The summed E-state index contributed by atoms with van der Waals surface area (Å²) in [6.07, 6.45) is 5.92. The molecule has 1 aromatic heterocycles. The normalized spacial score (nSPS) is 17.4. The van der Waals surface area contributed by atoms with Crippen molar-refractivity contribution < 1.29 is 9.53 Å². The maximum Gasteiger partial charge on any atom is 0.257 e. The molecule has 2 aliphatic heterocycles. The summed E-state index contributed by atoms with van der Waals surface area (Å²) in [4.78, 5) is 21.4. The number of carbonyl (C=O) groups is 1. The molecule has 136 valence electrons. The molecule has 2 fully saturated rings. The lowest BCUT2D eigenvalue weighted by Gasteiger charge is -2.28. The van der Waals surface area contributed by atoms with Crippen LogP contribution in [0, 0.1) is 0 Å². The van der Waals surface area contributed by atoms with E-state index in [1.807, 2.05) is 18.2 Å². The summed E-state index contributed by atoms with van der Waals surface area (Å²) >= 11 is 0. The van der Waals surface area contributed by atoms with Crippen molar-refractivity contribution in [2.45, 2.75) is 12.8 Å². The number of nitrogens with one attached hydrogen (secondary N) is 1. The molecule has 6 nitrogen and oxygen atoms in total. The fraction of sp³-hybridized carbons (Fsp3) is 0.400. The third kappa shape index (κ3) is 3.80. The van der Waals surface area contributed by atoms with Crippen LogP contribution in [0.3, 0.4) is 0 Å². The Balaban J connectivity index is 1.42. The van der Waals surface area contributed by atoms with Crippen molar-refractivity contribution in [2.75, 3.05) is 54.5 Å². The fourth-order valence-corrected chi connectivity index (χ4v) is 3.48. The molecular formula is C20H24N4O2. The van der Waals surface area contributed by atoms with E-state index >= 15 is 0 Å². The third-order valence-corrected chi connectivity index (χ3v) is 4.96. The van der Waals surface area contributed by atoms with Gasteiger partial charge in [0.2, 0.25) is 0 Å². The Morgan fingerprint density at radius 3 is 2.35 bits per heavy atom. The largest absolute Gasteiger partial charge is 0.378 e. The van der Waals surface area contributed by atoms with E-state index in [0.29, 0.717) is 18.8 Å². The van der Waals surface area contributed by atoms with Crippen molar-refractivity contribution in [3.05, 3.63) is 48.3 Å². The Hall–Kier alpha value is -2.60. The second-order valence-corrected chi connectivity index (χ2v) is 6.73. The molecule has 1 aromatic carbocycles. The Labute approximate surface area is 153 Å². The van der Waals surface area contributed by atoms with Gasteiger partial charge in [0, 0.05) is 43.8 Å². The maximum atomic E-state index is 12.6. The van der Waals surface area contributed by atoms with Crippen LogP contribution in [0.4, 0.5) is 17.1 Å². The molecule has 2 saturated heterocycles. The van der Waals surface area contributed by atoms with Crippen LogP contribution in [0.2, 0.25) is 0 Å². The van der Waals surface area contributed by atoms with Crippen LogP contribution in [0.1, 0.15) is 23.2 Å². The van der Waals surface area contributed by atoms with Gasteiger partial charge in [0.15, 0.2) is 0 Å². The van der Waals surface area contributed by atoms with E-state index in [9.17, 15) is 4.79 Å². The van der Waals surface area contributed by atoms with Gasteiger partial charge < -0.3 is 19.9 Å². The predicted molar refractivity (Wildman–Crippen MR) is 103 cm³/mol. The molecule has 0 bridgehead atoms. The van der Waals surface area contributed by atoms with E-state index in [2.05, 4.69) is 32.2 Å². The van der Waals surface area contributed by atoms with Crippen LogP contribution >= 0.6 is 0 Å². The number of hydrogen-bond acceptors (Lipinski definition) is 5. The molecule has 4 rings (SSSR count). The van der Waals surface area contributed by atoms with E-state index < -0.39 is 0 Å². The first-order valence-corrected chi connectivity index (χ1v) is 9.24. The van der Waals surface area contributed by atoms with Gasteiger partial charge in [0.05, 0.1) is 30.7 Å². The van der Waals surface area contributed by atoms with Crippen LogP contribution in [0.15, 0.2) is 42.7 Å². The molecule has 26 heavy (non-hydrogen) atoms. The van der Waals surface area contributed by atoms with Gasteiger partial charge in [-0.3, -0.25) is 9.78 Å². The van der Waals surface area contributed by atoms with Gasteiger partial charge in [-0.1, -0.05) is 0 Å². The molecule has 0 saturated carbocycles. The van der Waals surface area contributed by atoms with Gasteiger partial charge in [0.1, 0.15) is 0 Å². The van der Waals surface area contributed by atoms with Crippen LogP contribution in [-0.2, 0) is 4.74 Å². The highest BCUT2D eigenvalue weighted by Crippen LogP contribution is 2.23. The van der Waals surface area contributed by atoms with Crippen molar-refractivity contribution in [3.63, 3.8) is 0 Å². The topological polar surface area (TPSA) is 57.7 Å². The standard InChI is InChI=1S/C20H24N4O2/c25-20(16-13-19(15-21-14-16)24-9-11-26-12-10-24)22-17-3-5-18(6-4-17)23-7-1-2-8-23/h3-6,13-15H,1-2,7-12H2,(H,22,25). The van der Waals surface area contributed by atoms with Crippen LogP contribution < -0.4 is 15.1 Å². The van der Waals surface area contributed by atoms with E-state index in [4.69, 9.17) is 4.74 Å². The minimum Gasteiger partial charge on any atom is -0.378 e. The number of nitrogens with zero attached hydrogens (tertiary/aromatic N) is 3. The van der Waals surface area contributed by atoms with E-state index in [1.165, 1.54) is 18.5 Å². The third-order valence-electron chi connectivity index (χ3n) is 4.96. The zero-order valence-electron chi connectivity index (χ0n) is 14.9. The van der Waals surface area contributed by atoms with Crippen molar-refractivity contribution in [3.8, 4) is 0 Å². The maximum absolute atomic E-state index is 12.6. The zero-order chi connectivity index (χ0) is 17.8. The number of aromatic nitrogens is 1. The molecule has 6 heteroatoms. The van der Waals surface area contributed by atoms with Gasteiger partial charge in [-0.2, -0.15) is 0 Å². The Kier molecular flexibility index (Phi) is 5.02. The lowest BCUT2D eigenvalue weighted by atomic mass is 10.2. The predicted octanol–water partition coefficient (Wildman–Crippen LogP) is 2.77. The number of anilines is 3. The van der Waals surface area contributed by atoms with Gasteiger partial charge in [-0.25, -0.2) is 0 Å². The summed E-state index contributed by atoms with van der Waals surface area (Å²) in [7, 11) is 0. The second-order valence-electron chi connectivity index (χ2n) is 6.73. The van der Waals surface area contributed by atoms with Crippen molar-refractivity contribution in [1.29, 1.82) is 0 Å². The van der Waals surface area contributed by atoms with Gasteiger partial charge >= 0.3 is 0 Å². The molecule has 1 N–H and O–H groups in total. The number of carbonyl (C=O) groups excluding carboxylic acids is 1. The number of amides is 1.